The molecule has 0 aromatic rings. The first-order chi connectivity index (χ1) is 4.47. The molecule has 0 spiro atoms. The zero-order valence-corrected chi connectivity index (χ0v) is 5.60. The van der Waals surface area contributed by atoms with Crippen molar-refractivity contribution in [1.82, 2.24) is 5.32 Å². The molecule has 1 saturated carbocycles. The van der Waals surface area contributed by atoms with Crippen molar-refractivity contribution in [2.24, 2.45) is 0 Å². The maximum absolute atomic E-state index is 5.45. The fourth-order valence-electron chi connectivity index (χ4n) is 1.79. The van der Waals surface area contributed by atoms with Gasteiger partial charge >= 0.3 is 0 Å². The monoisotopic (exact) mass is 127 g/mol. The van der Waals surface area contributed by atoms with E-state index in [0.717, 1.165) is 6.73 Å². The molecule has 1 saturated heterocycles. The highest BCUT2D eigenvalue weighted by atomic mass is 16.5. The van der Waals surface area contributed by atoms with E-state index >= 15 is 0 Å². The summed E-state index contributed by atoms with van der Waals surface area (Å²) >= 11 is 0. The van der Waals surface area contributed by atoms with Crippen LogP contribution in [0.2, 0.25) is 0 Å². The lowest BCUT2D eigenvalue weighted by atomic mass is 9.93. The molecule has 2 aliphatic rings. The Morgan fingerprint density at radius 2 is 2.11 bits per heavy atom. The average molecular weight is 127 g/mol. The second-order valence-electron chi connectivity index (χ2n) is 2.94. The molecule has 2 heteroatoms. The standard InChI is InChI=1S/C7H13NO/c1-2-4-7-6(3-1)8-5-9-7/h6-8H,1-5H2/t6-,7-/m0/s1. The fraction of sp³-hybridized carbons (Fsp3) is 1.00. The summed E-state index contributed by atoms with van der Waals surface area (Å²) < 4.78 is 5.45. The molecule has 0 bridgehead atoms. The molecule has 1 aliphatic heterocycles. The van der Waals surface area contributed by atoms with Gasteiger partial charge in [0.2, 0.25) is 0 Å². The van der Waals surface area contributed by atoms with E-state index in [9.17, 15) is 0 Å². The van der Waals surface area contributed by atoms with Crippen LogP contribution in [0.25, 0.3) is 0 Å². The van der Waals surface area contributed by atoms with Crippen LogP contribution < -0.4 is 5.32 Å². The number of hydrogen-bond acceptors (Lipinski definition) is 2. The molecule has 0 aromatic carbocycles. The number of nitrogens with one attached hydrogen (secondary N) is 1. The van der Waals surface area contributed by atoms with Crippen LogP contribution in [0.5, 0.6) is 0 Å². The quantitative estimate of drug-likeness (QED) is 0.521. The van der Waals surface area contributed by atoms with Crippen molar-refractivity contribution >= 4 is 0 Å². The minimum atomic E-state index is 0.554. The van der Waals surface area contributed by atoms with Crippen molar-refractivity contribution in [3.05, 3.63) is 0 Å². The van der Waals surface area contributed by atoms with Crippen LogP contribution in [0, 0.1) is 0 Å². The van der Waals surface area contributed by atoms with E-state index < -0.39 is 0 Å². The van der Waals surface area contributed by atoms with Gasteiger partial charge in [0.1, 0.15) is 0 Å². The summed E-state index contributed by atoms with van der Waals surface area (Å²) in [4.78, 5) is 0. The van der Waals surface area contributed by atoms with Gasteiger partial charge < -0.3 is 4.74 Å². The third-order valence-corrected chi connectivity index (χ3v) is 2.35. The van der Waals surface area contributed by atoms with E-state index in [0.29, 0.717) is 12.1 Å². The van der Waals surface area contributed by atoms with Gasteiger partial charge in [0.05, 0.1) is 12.8 Å². The molecule has 0 unspecified atom stereocenters. The largest absolute Gasteiger partial charge is 0.361 e. The third kappa shape index (κ3) is 0.970. The van der Waals surface area contributed by atoms with E-state index in [1.54, 1.807) is 0 Å². The summed E-state index contributed by atoms with van der Waals surface area (Å²) in [6.07, 6.45) is 5.90. The minimum Gasteiger partial charge on any atom is -0.361 e. The first-order valence-electron chi connectivity index (χ1n) is 3.82. The summed E-state index contributed by atoms with van der Waals surface area (Å²) in [5.74, 6) is 0. The maximum atomic E-state index is 5.45. The van der Waals surface area contributed by atoms with Crippen molar-refractivity contribution in [2.75, 3.05) is 6.73 Å². The molecule has 1 heterocycles. The molecule has 2 atom stereocenters. The van der Waals surface area contributed by atoms with Gasteiger partial charge in [0.15, 0.2) is 0 Å². The molecule has 2 nitrogen and oxygen atoms in total. The van der Waals surface area contributed by atoms with Crippen LogP contribution in [0.4, 0.5) is 0 Å². The summed E-state index contributed by atoms with van der Waals surface area (Å²) in [6.45, 7) is 0.787. The second kappa shape index (κ2) is 2.27. The van der Waals surface area contributed by atoms with Crippen molar-refractivity contribution in [2.45, 2.75) is 37.8 Å². The Kier molecular flexibility index (Phi) is 1.44. The van der Waals surface area contributed by atoms with Crippen LogP contribution in [0.3, 0.4) is 0 Å². The fourth-order valence-corrected chi connectivity index (χ4v) is 1.79. The van der Waals surface area contributed by atoms with Gasteiger partial charge in [-0.1, -0.05) is 12.8 Å². The second-order valence-corrected chi connectivity index (χ2v) is 2.94. The molecule has 0 aromatic heterocycles. The van der Waals surface area contributed by atoms with Crippen LogP contribution in [-0.2, 0) is 4.74 Å². The van der Waals surface area contributed by atoms with Crippen LogP contribution >= 0.6 is 0 Å². The van der Waals surface area contributed by atoms with Crippen molar-refractivity contribution in [3.8, 4) is 0 Å². The first-order valence-corrected chi connectivity index (χ1v) is 3.82. The van der Waals surface area contributed by atoms with E-state index in [1.807, 2.05) is 0 Å². The van der Waals surface area contributed by atoms with Crippen molar-refractivity contribution in [3.63, 3.8) is 0 Å². The number of rotatable bonds is 0. The molecule has 9 heavy (non-hydrogen) atoms. The zero-order valence-electron chi connectivity index (χ0n) is 5.60. The van der Waals surface area contributed by atoms with Gasteiger partial charge in [-0.3, -0.25) is 5.32 Å². The van der Waals surface area contributed by atoms with Gasteiger partial charge in [0.25, 0.3) is 0 Å². The molecular weight excluding hydrogens is 114 g/mol. The van der Waals surface area contributed by atoms with Gasteiger partial charge in [-0.15, -0.1) is 0 Å². The smallest absolute Gasteiger partial charge is 0.0972 e. The molecule has 0 amide bonds. The van der Waals surface area contributed by atoms with E-state index in [-0.39, 0.29) is 0 Å². The highest BCUT2D eigenvalue weighted by Gasteiger charge is 2.29. The lowest BCUT2D eigenvalue weighted by molar-refractivity contribution is 0.0823. The van der Waals surface area contributed by atoms with Gasteiger partial charge in [0, 0.05) is 6.04 Å². The summed E-state index contributed by atoms with van der Waals surface area (Å²) in [6, 6.07) is 0.693. The average Bonchev–Trinajstić information content (AvgIpc) is 2.33. The Labute approximate surface area is 55.6 Å². The molecule has 52 valence electrons. The molecule has 1 aliphatic carbocycles. The van der Waals surface area contributed by atoms with Gasteiger partial charge in [-0.25, -0.2) is 0 Å². The van der Waals surface area contributed by atoms with Crippen molar-refractivity contribution in [1.29, 1.82) is 0 Å². The Morgan fingerprint density at radius 3 is 3.00 bits per heavy atom. The predicted octanol–water partition coefficient (Wildman–Crippen LogP) is 0.875. The molecular formula is C7H13NO. The van der Waals surface area contributed by atoms with Gasteiger partial charge in [-0.2, -0.15) is 0 Å². The summed E-state index contributed by atoms with van der Waals surface area (Å²) in [5, 5.41) is 3.34. The minimum absolute atomic E-state index is 0.554. The molecule has 0 radical (unpaired) electrons. The third-order valence-electron chi connectivity index (χ3n) is 2.35. The Hall–Kier alpha value is -0.0800. The van der Waals surface area contributed by atoms with E-state index in [2.05, 4.69) is 5.32 Å². The normalized spacial score (nSPS) is 42.7. The lowest BCUT2D eigenvalue weighted by Crippen LogP contribution is -2.33. The predicted molar refractivity (Wildman–Crippen MR) is 35.1 cm³/mol. The Bertz CT molecular complexity index is 93.1. The maximum Gasteiger partial charge on any atom is 0.0972 e. The van der Waals surface area contributed by atoms with Crippen LogP contribution in [0.15, 0.2) is 0 Å². The van der Waals surface area contributed by atoms with Crippen molar-refractivity contribution < 1.29 is 4.74 Å². The Balaban J connectivity index is 1.97. The Morgan fingerprint density at radius 1 is 1.22 bits per heavy atom. The van der Waals surface area contributed by atoms with E-state index in [4.69, 9.17) is 4.74 Å². The number of fused-ring (bicyclic) bond motifs is 1. The lowest BCUT2D eigenvalue weighted by Gasteiger charge is -2.22. The summed E-state index contributed by atoms with van der Waals surface area (Å²) in [7, 11) is 0. The highest BCUT2D eigenvalue weighted by Crippen LogP contribution is 2.23. The first kappa shape index (κ1) is 5.69. The molecule has 2 fully saturated rings. The SMILES string of the molecule is C1CC[C@@H]2OCN[C@H]2C1. The molecule has 2 rings (SSSR count). The van der Waals surface area contributed by atoms with Crippen LogP contribution in [0.1, 0.15) is 25.7 Å². The number of ether oxygens (including phenoxy) is 1. The van der Waals surface area contributed by atoms with Gasteiger partial charge in [-0.05, 0) is 12.8 Å². The van der Waals surface area contributed by atoms with Crippen LogP contribution in [-0.4, -0.2) is 18.9 Å². The molecule has 1 N–H and O–H groups in total. The zero-order chi connectivity index (χ0) is 6.10. The van der Waals surface area contributed by atoms with E-state index in [1.165, 1.54) is 25.7 Å². The topological polar surface area (TPSA) is 21.3 Å². The highest BCUT2D eigenvalue weighted by molar-refractivity contribution is 4.84. The number of hydrogen-bond donors (Lipinski definition) is 1. The summed E-state index contributed by atoms with van der Waals surface area (Å²) in [5.41, 5.74) is 0.